The lowest BCUT2D eigenvalue weighted by Gasteiger charge is -2.32. The Labute approximate surface area is 89.4 Å². The van der Waals surface area contributed by atoms with Crippen LogP contribution in [0.1, 0.15) is 19.3 Å². The topological polar surface area (TPSA) is 61.8 Å². The molecule has 1 aliphatic heterocycles. The zero-order chi connectivity index (χ0) is 10.7. The van der Waals surface area contributed by atoms with Gasteiger partial charge in [-0.2, -0.15) is 0 Å². The zero-order valence-electron chi connectivity index (χ0n) is 8.82. The maximum Gasteiger partial charge on any atom is 0.404 e. The van der Waals surface area contributed by atoms with Gasteiger partial charge in [0.2, 0.25) is 0 Å². The Balaban J connectivity index is 1.78. The fraction of sp³-hybridized carbons (Fsp3) is 0.900. The van der Waals surface area contributed by atoms with Gasteiger partial charge < -0.3 is 15.2 Å². The maximum atomic E-state index is 10.5. The normalized spacial score (nSPS) is 32.8. The van der Waals surface area contributed by atoms with Crippen molar-refractivity contribution in [2.24, 2.45) is 0 Å². The van der Waals surface area contributed by atoms with Crippen LogP contribution in [0.25, 0.3) is 0 Å². The van der Waals surface area contributed by atoms with Gasteiger partial charge in [0.05, 0.1) is 13.2 Å². The van der Waals surface area contributed by atoms with Gasteiger partial charge in [-0.15, -0.1) is 0 Å². The van der Waals surface area contributed by atoms with Gasteiger partial charge in [-0.3, -0.25) is 4.90 Å². The van der Waals surface area contributed by atoms with Gasteiger partial charge in [0.15, 0.2) is 0 Å². The third-order valence-corrected chi connectivity index (χ3v) is 3.29. The van der Waals surface area contributed by atoms with Crippen molar-refractivity contribution in [2.75, 3.05) is 26.3 Å². The Bertz CT molecular complexity index is 229. The molecule has 1 amide bonds. The Morgan fingerprint density at radius 2 is 2.07 bits per heavy atom. The summed E-state index contributed by atoms with van der Waals surface area (Å²) in [5.41, 5.74) is 0. The minimum atomic E-state index is -0.900. The van der Waals surface area contributed by atoms with Gasteiger partial charge in [-0.1, -0.05) is 0 Å². The minimum Gasteiger partial charge on any atom is -0.465 e. The summed E-state index contributed by atoms with van der Waals surface area (Å²) < 4.78 is 5.30. The summed E-state index contributed by atoms with van der Waals surface area (Å²) in [6.07, 6.45) is 2.12. The molecular formula is C10H18N2O3. The van der Waals surface area contributed by atoms with Crippen molar-refractivity contribution in [3.05, 3.63) is 0 Å². The Morgan fingerprint density at radius 1 is 1.33 bits per heavy atom. The third kappa shape index (κ3) is 2.82. The van der Waals surface area contributed by atoms with Crippen molar-refractivity contribution in [3.8, 4) is 0 Å². The van der Waals surface area contributed by atoms with Crippen LogP contribution in [-0.2, 0) is 4.74 Å². The monoisotopic (exact) mass is 214 g/mol. The largest absolute Gasteiger partial charge is 0.465 e. The maximum absolute atomic E-state index is 10.5. The summed E-state index contributed by atoms with van der Waals surface area (Å²) in [6.45, 7) is 3.61. The summed E-state index contributed by atoms with van der Waals surface area (Å²) in [4.78, 5) is 12.9. The Morgan fingerprint density at radius 3 is 2.73 bits per heavy atom. The minimum absolute atomic E-state index is 0.148. The molecule has 0 aromatic carbocycles. The summed E-state index contributed by atoms with van der Waals surface area (Å²) in [6, 6.07) is 0.695. The lowest BCUT2D eigenvalue weighted by Crippen LogP contribution is -2.43. The summed E-state index contributed by atoms with van der Waals surface area (Å²) >= 11 is 0. The molecule has 2 N–H and O–H groups in total. The van der Waals surface area contributed by atoms with Gasteiger partial charge in [-0.05, 0) is 19.3 Å². The van der Waals surface area contributed by atoms with Gasteiger partial charge >= 0.3 is 6.09 Å². The molecule has 1 unspecified atom stereocenters. The molecule has 0 aromatic rings. The predicted octanol–water partition coefficient (Wildman–Crippen LogP) is 0.507. The molecule has 2 atom stereocenters. The van der Waals surface area contributed by atoms with Crippen LogP contribution >= 0.6 is 0 Å². The molecular weight excluding hydrogens is 196 g/mol. The van der Waals surface area contributed by atoms with Crippen molar-refractivity contribution >= 4 is 6.09 Å². The second-order valence-electron chi connectivity index (χ2n) is 4.26. The first-order chi connectivity index (χ1) is 7.25. The van der Waals surface area contributed by atoms with Gasteiger partial charge in [0.25, 0.3) is 0 Å². The van der Waals surface area contributed by atoms with Gasteiger partial charge in [0.1, 0.15) is 0 Å². The number of nitrogens with one attached hydrogen (secondary N) is 1. The molecule has 1 saturated carbocycles. The van der Waals surface area contributed by atoms with E-state index < -0.39 is 6.09 Å². The molecule has 2 rings (SSSR count). The molecule has 5 nitrogen and oxygen atoms in total. The molecule has 0 radical (unpaired) electrons. The van der Waals surface area contributed by atoms with E-state index in [0.29, 0.717) is 6.04 Å². The van der Waals surface area contributed by atoms with Crippen LogP contribution in [0.4, 0.5) is 4.79 Å². The van der Waals surface area contributed by atoms with Crippen LogP contribution in [0, 0.1) is 0 Å². The first-order valence-electron chi connectivity index (χ1n) is 5.57. The van der Waals surface area contributed by atoms with Crippen LogP contribution in [0.15, 0.2) is 0 Å². The highest BCUT2D eigenvalue weighted by Crippen LogP contribution is 2.24. The molecule has 2 fully saturated rings. The summed E-state index contributed by atoms with van der Waals surface area (Å²) in [5.74, 6) is 0. The number of rotatable bonds is 2. The number of ether oxygens (including phenoxy) is 1. The number of morpholine rings is 1. The van der Waals surface area contributed by atoms with E-state index in [1.165, 1.54) is 0 Å². The zero-order valence-corrected chi connectivity index (χ0v) is 8.82. The van der Waals surface area contributed by atoms with E-state index in [4.69, 9.17) is 9.84 Å². The number of carboxylic acid groups (broad SMARTS) is 1. The number of carbonyl (C=O) groups is 1. The standard InChI is InChI=1S/C10H18N2O3/c13-10(14)11-8-1-2-9(7-8)12-3-5-15-6-4-12/h8-9,11H,1-7H2,(H,13,14)/t8?,9-/m1/s1. The molecule has 0 spiro atoms. The lowest BCUT2D eigenvalue weighted by molar-refractivity contribution is 0.0176. The van der Waals surface area contributed by atoms with Crippen molar-refractivity contribution in [3.63, 3.8) is 0 Å². The molecule has 5 heteroatoms. The SMILES string of the molecule is O=C(O)NC1CC[C@@H](N2CCOCC2)C1. The van der Waals surface area contributed by atoms with Crippen molar-refractivity contribution in [2.45, 2.75) is 31.3 Å². The van der Waals surface area contributed by atoms with E-state index in [-0.39, 0.29) is 6.04 Å². The quantitative estimate of drug-likeness (QED) is 0.703. The Hall–Kier alpha value is -0.810. The number of hydrogen-bond acceptors (Lipinski definition) is 3. The number of amides is 1. The fourth-order valence-corrected chi connectivity index (χ4v) is 2.54. The second-order valence-corrected chi connectivity index (χ2v) is 4.26. The molecule has 1 saturated heterocycles. The van der Waals surface area contributed by atoms with E-state index in [1.807, 2.05) is 0 Å². The van der Waals surface area contributed by atoms with Gasteiger partial charge in [-0.25, -0.2) is 4.79 Å². The number of nitrogens with zero attached hydrogens (tertiary/aromatic N) is 1. The lowest BCUT2D eigenvalue weighted by atomic mass is 10.2. The molecule has 1 heterocycles. The second kappa shape index (κ2) is 4.81. The highest BCUT2D eigenvalue weighted by atomic mass is 16.5. The predicted molar refractivity (Wildman–Crippen MR) is 55.0 cm³/mol. The van der Waals surface area contributed by atoms with E-state index in [0.717, 1.165) is 45.6 Å². The van der Waals surface area contributed by atoms with Crippen LogP contribution in [-0.4, -0.2) is 54.5 Å². The molecule has 0 bridgehead atoms. The first kappa shape index (κ1) is 10.7. The van der Waals surface area contributed by atoms with Crippen molar-refractivity contribution in [1.29, 1.82) is 0 Å². The smallest absolute Gasteiger partial charge is 0.404 e. The molecule has 2 aliphatic rings. The van der Waals surface area contributed by atoms with Crippen molar-refractivity contribution in [1.82, 2.24) is 10.2 Å². The van der Waals surface area contributed by atoms with E-state index in [9.17, 15) is 4.79 Å². The highest BCUT2D eigenvalue weighted by molar-refractivity contribution is 5.64. The molecule has 86 valence electrons. The van der Waals surface area contributed by atoms with Crippen LogP contribution in [0.2, 0.25) is 0 Å². The fourth-order valence-electron chi connectivity index (χ4n) is 2.54. The van der Waals surface area contributed by atoms with Crippen molar-refractivity contribution < 1.29 is 14.6 Å². The summed E-state index contributed by atoms with van der Waals surface area (Å²) in [7, 11) is 0. The van der Waals surface area contributed by atoms with E-state index in [1.54, 1.807) is 0 Å². The van der Waals surface area contributed by atoms with Gasteiger partial charge in [0, 0.05) is 25.2 Å². The average molecular weight is 214 g/mol. The Kier molecular flexibility index (Phi) is 3.43. The average Bonchev–Trinajstić information content (AvgIpc) is 2.67. The third-order valence-electron chi connectivity index (χ3n) is 3.29. The van der Waals surface area contributed by atoms with E-state index >= 15 is 0 Å². The number of hydrogen-bond donors (Lipinski definition) is 2. The highest BCUT2D eigenvalue weighted by Gasteiger charge is 2.30. The summed E-state index contributed by atoms with van der Waals surface area (Å²) in [5, 5.41) is 11.2. The van der Waals surface area contributed by atoms with Crippen LogP contribution in [0.3, 0.4) is 0 Å². The van der Waals surface area contributed by atoms with Crippen LogP contribution in [0.5, 0.6) is 0 Å². The first-order valence-corrected chi connectivity index (χ1v) is 5.57. The molecule has 0 aromatic heterocycles. The molecule has 15 heavy (non-hydrogen) atoms. The molecule has 1 aliphatic carbocycles. The van der Waals surface area contributed by atoms with Crippen LogP contribution < -0.4 is 5.32 Å². The van der Waals surface area contributed by atoms with E-state index in [2.05, 4.69) is 10.2 Å².